The summed E-state index contributed by atoms with van der Waals surface area (Å²) in [7, 11) is 0. The van der Waals surface area contributed by atoms with Crippen molar-refractivity contribution in [3.63, 3.8) is 0 Å². The van der Waals surface area contributed by atoms with E-state index < -0.39 is 0 Å². The van der Waals surface area contributed by atoms with Crippen molar-refractivity contribution in [1.29, 1.82) is 0 Å². The predicted octanol–water partition coefficient (Wildman–Crippen LogP) is 3.74. The Morgan fingerprint density at radius 3 is 2.48 bits per heavy atom. The van der Waals surface area contributed by atoms with E-state index in [1.54, 1.807) is 0 Å². The summed E-state index contributed by atoms with van der Waals surface area (Å²) in [6.45, 7) is 9.92. The van der Waals surface area contributed by atoms with Gasteiger partial charge >= 0.3 is 6.03 Å². The van der Waals surface area contributed by atoms with Gasteiger partial charge in [0.2, 0.25) is 0 Å². The minimum atomic E-state index is -0.0218. The molecule has 0 aliphatic carbocycles. The van der Waals surface area contributed by atoms with Gasteiger partial charge in [0.15, 0.2) is 0 Å². The predicted molar refractivity (Wildman–Crippen MR) is 92.0 cm³/mol. The van der Waals surface area contributed by atoms with E-state index in [0.717, 1.165) is 25.0 Å². The summed E-state index contributed by atoms with van der Waals surface area (Å²) in [4.78, 5) is 22.3. The monoisotopic (exact) mass is 316 g/mol. The van der Waals surface area contributed by atoms with Gasteiger partial charge < -0.3 is 10.6 Å². The van der Waals surface area contributed by atoms with E-state index in [9.17, 15) is 9.59 Å². The van der Waals surface area contributed by atoms with E-state index in [4.69, 9.17) is 0 Å². The molecule has 4 nitrogen and oxygen atoms in total. The van der Waals surface area contributed by atoms with Crippen LogP contribution in [-0.4, -0.2) is 34.9 Å². The molecule has 3 unspecified atom stereocenters. The Bertz CT molecular complexity index is 311. The van der Waals surface area contributed by atoms with E-state index >= 15 is 0 Å². The number of fused-ring (bicyclic) bond motifs is 1. The summed E-state index contributed by atoms with van der Waals surface area (Å²) < 4.78 is 0. The zero-order valence-corrected chi connectivity index (χ0v) is 15.0. The van der Waals surface area contributed by atoms with Crippen LogP contribution < -0.4 is 10.6 Å². The number of urea groups is 1. The van der Waals surface area contributed by atoms with Crippen molar-refractivity contribution >= 4 is 23.6 Å². The standard InChI is InChI=1S/C12H20N2O2S.2C2H6/c1-2-8(15)5-3-4-6-10-11-9(7-17-10)13-12(16)14-11;2*1-2/h9-11H,2-7H2,1H3,(H2,13,14,16);2*1-2H3. The van der Waals surface area contributed by atoms with Gasteiger partial charge in [-0.05, 0) is 12.8 Å². The third-order valence-corrected chi connectivity index (χ3v) is 5.04. The second kappa shape index (κ2) is 11.9. The number of unbranched alkanes of at least 4 members (excludes halogenated alkanes) is 1. The van der Waals surface area contributed by atoms with Crippen molar-refractivity contribution in [2.75, 3.05) is 5.75 Å². The number of hydrogen-bond acceptors (Lipinski definition) is 3. The number of Topliss-reactive ketones (excluding diaryl/α,β-unsaturated/α-hetero) is 1. The minimum absolute atomic E-state index is 0.0218. The van der Waals surface area contributed by atoms with Crippen LogP contribution >= 0.6 is 11.8 Å². The summed E-state index contributed by atoms with van der Waals surface area (Å²) in [5, 5.41) is 6.45. The third-order valence-electron chi connectivity index (χ3n) is 3.53. The fourth-order valence-electron chi connectivity index (χ4n) is 2.49. The smallest absolute Gasteiger partial charge is 0.315 e. The summed E-state index contributed by atoms with van der Waals surface area (Å²) in [5.74, 6) is 1.37. The maximum absolute atomic E-state index is 11.2. The first-order valence-corrected chi connectivity index (χ1v) is 9.46. The molecule has 3 atom stereocenters. The average molecular weight is 317 g/mol. The molecule has 2 N–H and O–H groups in total. The Morgan fingerprint density at radius 2 is 1.86 bits per heavy atom. The van der Waals surface area contributed by atoms with Crippen LogP contribution in [0.5, 0.6) is 0 Å². The fourth-order valence-corrected chi connectivity index (χ4v) is 4.03. The summed E-state index contributed by atoms with van der Waals surface area (Å²) >= 11 is 1.94. The Kier molecular flexibility index (Phi) is 11.5. The normalized spacial score (nSPS) is 25.6. The number of hydrogen-bond donors (Lipinski definition) is 2. The topological polar surface area (TPSA) is 58.2 Å². The van der Waals surface area contributed by atoms with Gasteiger partial charge in [-0.1, -0.05) is 41.0 Å². The molecule has 0 spiro atoms. The van der Waals surface area contributed by atoms with Crippen LogP contribution in [0.4, 0.5) is 4.79 Å². The summed E-state index contributed by atoms with van der Waals surface area (Å²) in [5.41, 5.74) is 0. The van der Waals surface area contributed by atoms with Crippen molar-refractivity contribution in [3.8, 4) is 0 Å². The van der Waals surface area contributed by atoms with Gasteiger partial charge in [-0.25, -0.2) is 4.79 Å². The number of nitrogens with one attached hydrogen (secondary N) is 2. The van der Waals surface area contributed by atoms with Crippen LogP contribution in [0.15, 0.2) is 0 Å². The van der Waals surface area contributed by atoms with Gasteiger partial charge in [0, 0.05) is 23.8 Å². The van der Waals surface area contributed by atoms with E-state index in [2.05, 4.69) is 10.6 Å². The number of rotatable bonds is 6. The van der Waals surface area contributed by atoms with E-state index in [1.807, 2.05) is 46.4 Å². The van der Waals surface area contributed by atoms with Gasteiger partial charge in [-0.2, -0.15) is 11.8 Å². The highest BCUT2D eigenvalue weighted by Gasteiger charge is 2.42. The molecule has 0 aromatic heterocycles. The highest BCUT2D eigenvalue weighted by molar-refractivity contribution is 8.00. The molecule has 2 saturated heterocycles. The molecule has 21 heavy (non-hydrogen) atoms. The second-order valence-electron chi connectivity index (χ2n) is 4.76. The largest absolute Gasteiger partial charge is 0.332 e. The minimum Gasteiger partial charge on any atom is -0.332 e. The average Bonchev–Trinajstić information content (AvgIpc) is 3.07. The van der Waals surface area contributed by atoms with Crippen molar-refractivity contribution < 1.29 is 9.59 Å². The summed E-state index contributed by atoms with van der Waals surface area (Å²) in [6.07, 6.45) is 4.55. The first-order chi connectivity index (χ1) is 10.2. The van der Waals surface area contributed by atoms with Gasteiger partial charge in [0.05, 0.1) is 12.1 Å². The first-order valence-electron chi connectivity index (χ1n) is 8.41. The molecule has 0 aromatic rings. The van der Waals surface area contributed by atoms with Crippen LogP contribution in [0.3, 0.4) is 0 Å². The Labute approximate surface area is 134 Å². The van der Waals surface area contributed by atoms with E-state index in [1.165, 1.54) is 0 Å². The molecule has 0 radical (unpaired) electrons. The van der Waals surface area contributed by atoms with E-state index in [-0.39, 0.29) is 6.03 Å². The van der Waals surface area contributed by atoms with Crippen molar-refractivity contribution in [1.82, 2.24) is 10.6 Å². The van der Waals surface area contributed by atoms with Gasteiger partial charge in [-0.3, -0.25) is 4.79 Å². The molecule has 2 rings (SSSR count). The maximum Gasteiger partial charge on any atom is 0.315 e. The Hall–Kier alpha value is -0.710. The number of ketones is 1. The molecule has 0 saturated carbocycles. The van der Waals surface area contributed by atoms with Crippen molar-refractivity contribution in [2.24, 2.45) is 0 Å². The molecule has 0 aromatic carbocycles. The third kappa shape index (κ3) is 6.72. The molecular weight excluding hydrogens is 284 g/mol. The molecule has 2 amide bonds. The van der Waals surface area contributed by atoms with Crippen LogP contribution in [0.25, 0.3) is 0 Å². The molecule has 2 aliphatic rings. The van der Waals surface area contributed by atoms with Crippen LogP contribution in [0.1, 0.15) is 66.7 Å². The lowest BCUT2D eigenvalue weighted by atomic mass is 10.0. The van der Waals surface area contributed by atoms with Gasteiger partial charge in [0.25, 0.3) is 0 Å². The van der Waals surface area contributed by atoms with Crippen LogP contribution in [0.2, 0.25) is 0 Å². The Balaban J connectivity index is 0.000000921. The van der Waals surface area contributed by atoms with Crippen LogP contribution in [-0.2, 0) is 4.79 Å². The zero-order chi connectivity index (χ0) is 16.3. The maximum atomic E-state index is 11.2. The fraction of sp³-hybridized carbons (Fsp3) is 0.875. The molecular formula is C16H32N2O2S. The van der Waals surface area contributed by atoms with Gasteiger partial charge in [-0.15, -0.1) is 0 Å². The van der Waals surface area contributed by atoms with E-state index in [0.29, 0.717) is 36.0 Å². The second-order valence-corrected chi connectivity index (χ2v) is 6.03. The molecule has 5 heteroatoms. The van der Waals surface area contributed by atoms with Gasteiger partial charge in [0.1, 0.15) is 5.78 Å². The molecule has 2 fully saturated rings. The molecule has 2 heterocycles. The van der Waals surface area contributed by atoms with Crippen molar-refractivity contribution in [2.45, 2.75) is 84.1 Å². The zero-order valence-electron chi connectivity index (χ0n) is 14.2. The highest BCUT2D eigenvalue weighted by atomic mass is 32.2. The molecule has 0 bridgehead atoms. The number of thioether (sulfide) groups is 1. The number of carbonyl (C=O) groups excluding carboxylic acids is 2. The molecule has 2 aliphatic heterocycles. The number of carbonyl (C=O) groups is 2. The first kappa shape index (κ1) is 20.3. The quantitative estimate of drug-likeness (QED) is 0.579. The lowest BCUT2D eigenvalue weighted by molar-refractivity contribution is -0.118. The molecule has 124 valence electrons. The van der Waals surface area contributed by atoms with Crippen LogP contribution in [0, 0.1) is 0 Å². The lowest BCUT2D eigenvalue weighted by Gasteiger charge is -2.16. The highest BCUT2D eigenvalue weighted by Crippen LogP contribution is 2.33. The Morgan fingerprint density at radius 1 is 1.19 bits per heavy atom. The summed E-state index contributed by atoms with van der Waals surface area (Å²) in [6, 6.07) is 0.593. The SMILES string of the molecule is CC.CC.CCC(=O)CCCCC1SCC2NC(=O)NC21. The lowest BCUT2D eigenvalue weighted by Crippen LogP contribution is -2.36. The van der Waals surface area contributed by atoms with Crippen molar-refractivity contribution in [3.05, 3.63) is 0 Å². The number of amides is 2.